The average Bonchev–Trinajstić information content (AvgIpc) is 3.12. The standard InChI is InChI=1S/C25H28N2O/c1-28-19-7-4-6-18(16-19)20-9-5-13-26-25(20)15-17-11-12-24-22(14-17)21-8-2-3-10-23(21)27-24/h2-4,6-10,16-17,25-27H,5,11-15H2,1H3. The van der Waals surface area contributed by atoms with Crippen molar-refractivity contribution in [3.8, 4) is 5.75 Å². The van der Waals surface area contributed by atoms with Crippen LogP contribution in [0.3, 0.4) is 0 Å². The molecule has 3 nitrogen and oxygen atoms in total. The van der Waals surface area contributed by atoms with E-state index >= 15 is 0 Å². The number of ether oxygens (including phenoxy) is 1. The molecule has 0 saturated heterocycles. The molecule has 1 aliphatic heterocycles. The summed E-state index contributed by atoms with van der Waals surface area (Å²) in [7, 11) is 1.74. The third kappa shape index (κ3) is 3.24. The molecule has 2 aromatic carbocycles. The Morgan fingerprint density at radius 3 is 2.96 bits per heavy atom. The second kappa shape index (κ2) is 7.48. The van der Waals surface area contributed by atoms with Crippen molar-refractivity contribution in [2.75, 3.05) is 13.7 Å². The van der Waals surface area contributed by atoms with Gasteiger partial charge in [0.25, 0.3) is 0 Å². The molecule has 0 amide bonds. The first kappa shape index (κ1) is 17.6. The molecule has 0 spiro atoms. The lowest BCUT2D eigenvalue weighted by Crippen LogP contribution is -2.36. The van der Waals surface area contributed by atoms with E-state index in [9.17, 15) is 0 Å². The van der Waals surface area contributed by atoms with Crippen LogP contribution < -0.4 is 10.1 Å². The average molecular weight is 373 g/mol. The van der Waals surface area contributed by atoms with Crippen LogP contribution in [0.4, 0.5) is 0 Å². The first-order valence-corrected chi connectivity index (χ1v) is 10.5. The Labute approximate surface area is 166 Å². The first-order chi connectivity index (χ1) is 13.8. The second-order valence-corrected chi connectivity index (χ2v) is 8.16. The molecule has 3 aromatic rings. The molecule has 1 aromatic heterocycles. The quantitative estimate of drug-likeness (QED) is 0.667. The van der Waals surface area contributed by atoms with Gasteiger partial charge in [-0.05, 0) is 79.5 Å². The normalized spacial score (nSPS) is 22.0. The molecule has 5 rings (SSSR count). The van der Waals surface area contributed by atoms with Crippen molar-refractivity contribution < 1.29 is 4.74 Å². The molecule has 0 bridgehead atoms. The van der Waals surface area contributed by atoms with E-state index in [0.717, 1.165) is 24.6 Å². The maximum absolute atomic E-state index is 5.45. The third-order valence-electron chi connectivity index (χ3n) is 6.44. The summed E-state index contributed by atoms with van der Waals surface area (Å²) in [6, 6.07) is 17.7. The molecule has 2 unspecified atom stereocenters. The topological polar surface area (TPSA) is 37.0 Å². The summed E-state index contributed by atoms with van der Waals surface area (Å²) < 4.78 is 5.45. The highest BCUT2D eigenvalue weighted by Crippen LogP contribution is 2.36. The molecule has 0 radical (unpaired) electrons. The largest absolute Gasteiger partial charge is 0.497 e. The fourth-order valence-corrected chi connectivity index (χ4v) is 5.05. The molecule has 2 atom stereocenters. The third-order valence-corrected chi connectivity index (χ3v) is 6.44. The van der Waals surface area contributed by atoms with E-state index in [-0.39, 0.29) is 0 Å². The zero-order valence-electron chi connectivity index (χ0n) is 16.5. The fraction of sp³-hybridized carbons (Fsp3) is 0.360. The van der Waals surface area contributed by atoms with Gasteiger partial charge < -0.3 is 15.0 Å². The van der Waals surface area contributed by atoms with Crippen molar-refractivity contribution in [3.63, 3.8) is 0 Å². The maximum atomic E-state index is 5.45. The predicted octanol–water partition coefficient (Wildman–Crippen LogP) is 5.12. The lowest BCUT2D eigenvalue weighted by molar-refractivity contribution is 0.383. The van der Waals surface area contributed by atoms with Crippen LogP contribution in [0.25, 0.3) is 16.5 Å². The Kier molecular flexibility index (Phi) is 4.69. The van der Waals surface area contributed by atoms with Gasteiger partial charge in [0.2, 0.25) is 0 Å². The van der Waals surface area contributed by atoms with Crippen LogP contribution >= 0.6 is 0 Å². The summed E-state index contributed by atoms with van der Waals surface area (Å²) >= 11 is 0. The number of methoxy groups -OCH3 is 1. The first-order valence-electron chi connectivity index (χ1n) is 10.5. The lowest BCUT2D eigenvalue weighted by Gasteiger charge is -2.31. The van der Waals surface area contributed by atoms with Crippen molar-refractivity contribution in [1.29, 1.82) is 0 Å². The van der Waals surface area contributed by atoms with E-state index in [4.69, 9.17) is 4.74 Å². The van der Waals surface area contributed by atoms with E-state index in [0.29, 0.717) is 6.04 Å². The highest BCUT2D eigenvalue weighted by atomic mass is 16.5. The van der Waals surface area contributed by atoms with Crippen LogP contribution in [-0.4, -0.2) is 24.7 Å². The Hall–Kier alpha value is -2.52. The fourth-order valence-electron chi connectivity index (χ4n) is 5.05. The number of H-pyrrole nitrogens is 1. The number of aromatic amines is 1. The second-order valence-electron chi connectivity index (χ2n) is 8.16. The minimum atomic E-state index is 0.428. The van der Waals surface area contributed by atoms with Crippen molar-refractivity contribution >= 4 is 16.5 Å². The van der Waals surface area contributed by atoms with Crippen LogP contribution in [-0.2, 0) is 12.8 Å². The zero-order chi connectivity index (χ0) is 18.9. The molecule has 28 heavy (non-hydrogen) atoms. The lowest BCUT2D eigenvalue weighted by atomic mass is 9.80. The van der Waals surface area contributed by atoms with Crippen LogP contribution in [0.1, 0.15) is 36.1 Å². The molecule has 3 heteroatoms. The van der Waals surface area contributed by atoms with Gasteiger partial charge in [0.1, 0.15) is 5.75 Å². The summed E-state index contributed by atoms with van der Waals surface area (Å²) in [5.74, 6) is 1.65. The zero-order valence-corrected chi connectivity index (χ0v) is 16.5. The van der Waals surface area contributed by atoms with Gasteiger partial charge in [-0.2, -0.15) is 0 Å². The Morgan fingerprint density at radius 2 is 2.04 bits per heavy atom. The molecule has 2 heterocycles. The smallest absolute Gasteiger partial charge is 0.119 e. The van der Waals surface area contributed by atoms with E-state index in [2.05, 4.69) is 58.8 Å². The highest BCUT2D eigenvalue weighted by molar-refractivity contribution is 5.84. The van der Waals surface area contributed by atoms with Crippen molar-refractivity contribution in [3.05, 3.63) is 71.4 Å². The Morgan fingerprint density at radius 1 is 1.11 bits per heavy atom. The summed E-state index contributed by atoms with van der Waals surface area (Å²) in [6.45, 7) is 1.07. The van der Waals surface area contributed by atoms with E-state index in [1.54, 1.807) is 12.7 Å². The number of nitrogens with one attached hydrogen (secondary N) is 2. The summed E-state index contributed by atoms with van der Waals surface area (Å²) in [6.07, 6.45) is 8.34. The van der Waals surface area contributed by atoms with Crippen molar-refractivity contribution in [1.82, 2.24) is 10.3 Å². The minimum absolute atomic E-state index is 0.428. The van der Waals surface area contributed by atoms with Crippen LogP contribution in [0, 0.1) is 5.92 Å². The summed E-state index contributed by atoms with van der Waals surface area (Å²) in [5.41, 5.74) is 7.03. The van der Waals surface area contributed by atoms with Gasteiger partial charge >= 0.3 is 0 Å². The van der Waals surface area contributed by atoms with Gasteiger partial charge in [0.15, 0.2) is 0 Å². The van der Waals surface area contributed by atoms with Gasteiger partial charge in [-0.25, -0.2) is 0 Å². The molecule has 2 N–H and O–H groups in total. The molecular formula is C25H28N2O. The molecule has 1 aliphatic carbocycles. The number of fused-ring (bicyclic) bond motifs is 3. The predicted molar refractivity (Wildman–Crippen MR) is 116 cm³/mol. The van der Waals surface area contributed by atoms with E-state index < -0.39 is 0 Å². The van der Waals surface area contributed by atoms with Crippen LogP contribution in [0.2, 0.25) is 0 Å². The van der Waals surface area contributed by atoms with E-state index in [1.165, 1.54) is 53.4 Å². The Bertz CT molecular complexity index is 1020. The molecule has 144 valence electrons. The number of hydrogen-bond acceptors (Lipinski definition) is 2. The van der Waals surface area contributed by atoms with Gasteiger partial charge in [-0.3, -0.25) is 0 Å². The van der Waals surface area contributed by atoms with Crippen LogP contribution in [0.15, 0.2) is 54.6 Å². The van der Waals surface area contributed by atoms with Gasteiger partial charge in [-0.1, -0.05) is 36.4 Å². The maximum Gasteiger partial charge on any atom is 0.119 e. The van der Waals surface area contributed by atoms with Crippen molar-refractivity contribution in [2.45, 2.75) is 38.1 Å². The highest BCUT2D eigenvalue weighted by Gasteiger charge is 2.27. The molecule has 2 aliphatic rings. The molecule has 0 saturated carbocycles. The Balaban J connectivity index is 1.37. The number of hydrogen-bond donors (Lipinski definition) is 2. The van der Waals surface area contributed by atoms with Crippen LogP contribution in [0.5, 0.6) is 5.75 Å². The summed E-state index contributed by atoms with van der Waals surface area (Å²) in [5, 5.41) is 5.21. The van der Waals surface area contributed by atoms with E-state index in [1.807, 2.05) is 6.07 Å². The number of benzene rings is 2. The summed E-state index contributed by atoms with van der Waals surface area (Å²) in [4.78, 5) is 3.65. The minimum Gasteiger partial charge on any atom is -0.497 e. The number of aromatic nitrogens is 1. The number of aryl methyl sites for hydroxylation is 1. The van der Waals surface area contributed by atoms with Gasteiger partial charge in [0, 0.05) is 22.6 Å². The molecular weight excluding hydrogens is 344 g/mol. The van der Waals surface area contributed by atoms with Gasteiger partial charge in [-0.15, -0.1) is 0 Å². The number of rotatable bonds is 4. The monoisotopic (exact) mass is 372 g/mol. The SMILES string of the molecule is COc1cccc(C2=CCCNC2CC2CCc3[nH]c4ccccc4c3C2)c1. The molecule has 0 fully saturated rings. The van der Waals surface area contributed by atoms with Gasteiger partial charge in [0.05, 0.1) is 7.11 Å². The number of para-hydroxylation sites is 1. The van der Waals surface area contributed by atoms with Crippen molar-refractivity contribution in [2.24, 2.45) is 5.92 Å².